The van der Waals surface area contributed by atoms with Gasteiger partial charge in [-0.05, 0) is 43.7 Å². The fraction of sp³-hybridized carbons (Fsp3) is 0.478. The zero-order valence-corrected chi connectivity index (χ0v) is 20.8. The molecule has 0 aliphatic heterocycles. The lowest BCUT2D eigenvalue weighted by atomic mass is 10.2. The van der Waals surface area contributed by atoms with Crippen LogP contribution < -0.4 is 5.73 Å². The number of carbonyl (C=O) groups excluding carboxylic acids is 2. The fourth-order valence-electron chi connectivity index (χ4n) is 3.71. The molecule has 1 amide bonds. The largest absolute Gasteiger partial charge is 0.370 e. The third kappa shape index (κ3) is 6.10. The summed E-state index contributed by atoms with van der Waals surface area (Å²) in [6.45, 7) is 9.89. The van der Waals surface area contributed by atoms with Crippen LogP contribution >= 0.6 is 23.1 Å². The minimum absolute atomic E-state index is 0.0863. The van der Waals surface area contributed by atoms with E-state index in [0.717, 1.165) is 42.3 Å². The lowest BCUT2D eigenvalue weighted by Gasteiger charge is -2.12. The van der Waals surface area contributed by atoms with Crippen molar-refractivity contribution >= 4 is 34.8 Å². The molecule has 7 nitrogen and oxygen atoms in total. The Morgan fingerprint density at radius 3 is 2.62 bits per heavy atom. The van der Waals surface area contributed by atoms with Crippen molar-refractivity contribution in [2.75, 3.05) is 5.75 Å². The number of ketones is 1. The summed E-state index contributed by atoms with van der Waals surface area (Å²) in [7, 11) is 0. The number of hydrogen-bond acceptors (Lipinski definition) is 6. The monoisotopic (exact) mass is 473 g/mol. The predicted molar refractivity (Wildman–Crippen MR) is 129 cm³/mol. The lowest BCUT2D eigenvalue weighted by Crippen LogP contribution is -2.15. The zero-order chi connectivity index (χ0) is 23.3. The van der Waals surface area contributed by atoms with Crippen LogP contribution in [0, 0.1) is 19.8 Å². The molecule has 0 aliphatic rings. The third-order valence-electron chi connectivity index (χ3n) is 5.30. The maximum atomic E-state index is 13.0. The summed E-state index contributed by atoms with van der Waals surface area (Å²) in [6.07, 6.45) is 1.65. The first kappa shape index (κ1) is 24.3. The highest BCUT2D eigenvalue weighted by Crippen LogP contribution is 2.23. The van der Waals surface area contributed by atoms with E-state index in [9.17, 15) is 9.59 Å². The molecule has 0 atom stereocenters. The molecule has 172 valence electrons. The second-order valence-corrected chi connectivity index (χ2v) is 10.3. The number of thiophene rings is 1. The fourth-order valence-corrected chi connectivity index (χ4v) is 5.25. The van der Waals surface area contributed by atoms with Crippen molar-refractivity contribution in [3.63, 3.8) is 0 Å². The van der Waals surface area contributed by atoms with Gasteiger partial charge in [-0.1, -0.05) is 31.7 Å². The van der Waals surface area contributed by atoms with Crippen molar-refractivity contribution in [2.45, 2.75) is 65.2 Å². The Hall–Kier alpha value is -2.39. The summed E-state index contributed by atoms with van der Waals surface area (Å²) in [6, 6.07) is 6.20. The number of Topliss-reactive ketones (excluding diaryl/α,β-unsaturated/α-hetero) is 1. The molecule has 3 aromatic rings. The second-order valence-electron chi connectivity index (χ2n) is 8.35. The first-order valence-corrected chi connectivity index (χ1v) is 12.7. The molecule has 32 heavy (non-hydrogen) atoms. The van der Waals surface area contributed by atoms with Gasteiger partial charge in [0.1, 0.15) is 5.82 Å². The Morgan fingerprint density at radius 1 is 1.19 bits per heavy atom. The van der Waals surface area contributed by atoms with E-state index in [-0.39, 0.29) is 18.1 Å². The number of aromatic nitrogens is 4. The van der Waals surface area contributed by atoms with Crippen LogP contribution in [0.15, 0.2) is 28.7 Å². The molecule has 0 bridgehead atoms. The summed E-state index contributed by atoms with van der Waals surface area (Å²) in [5.74, 6) is 1.14. The molecule has 3 heterocycles. The van der Waals surface area contributed by atoms with Gasteiger partial charge in [-0.15, -0.1) is 21.5 Å². The van der Waals surface area contributed by atoms with Crippen molar-refractivity contribution in [2.24, 2.45) is 11.7 Å². The van der Waals surface area contributed by atoms with Crippen molar-refractivity contribution in [3.05, 3.63) is 51.2 Å². The summed E-state index contributed by atoms with van der Waals surface area (Å²) < 4.78 is 4.23. The van der Waals surface area contributed by atoms with Gasteiger partial charge in [-0.3, -0.25) is 9.59 Å². The maximum absolute atomic E-state index is 13.0. The molecule has 0 radical (unpaired) electrons. The Morgan fingerprint density at radius 2 is 1.97 bits per heavy atom. The number of nitrogens with zero attached hydrogens (tertiary/aromatic N) is 4. The lowest BCUT2D eigenvalue weighted by molar-refractivity contribution is -0.118. The molecule has 0 spiro atoms. The smallest absolute Gasteiger partial charge is 0.217 e. The molecular formula is C23H31N5O2S2. The van der Waals surface area contributed by atoms with Gasteiger partial charge in [0.25, 0.3) is 0 Å². The van der Waals surface area contributed by atoms with Gasteiger partial charge >= 0.3 is 0 Å². The highest BCUT2D eigenvalue weighted by Gasteiger charge is 2.19. The SMILES string of the molecule is Cc1cc(C(=O)CSc2nnc(CCC(N)=O)n2CC(C)C)c(C)n1CCc1cccs1. The standard InChI is InChI=1S/C23H31N5O2S2/c1-15(2)13-28-22(8-7-21(24)30)25-26-23(28)32-14-20(29)19-12-16(3)27(17(19)4)10-9-18-6-5-11-31-18/h5-6,11-12,15H,7-10,13-14H2,1-4H3,(H2,24,30). The quantitative estimate of drug-likeness (QED) is 0.316. The molecule has 0 saturated heterocycles. The topological polar surface area (TPSA) is 95.8 Å². The van der Waals surface area contributed by atoms with Crippen LogP contribution in [-0.4, -0.2) is 36.8 Å². The number of nitrogens with two attached hydrogens (primary N) is 1. The number of hydrogen-bond donors (Lipinski definition) is 1. The molecule has 0 unspecified atom stereocenters. The molecule has 2 N–H and O–H groups in total. The van der Waals surface area contributed by atoms with Crippen molar-refractivity contribution in [1.29, 1.82) is 0 Å². The third-order valence-corrected chi connectivity index (χ3v) is 7.21. The zero-order valence-electron chi connectivity index (χ0n) is 19.1. The maximum Gasteiger partial charge on any atom is 0.217 e. The molecule has 3 aromatic heterocycles. The Bertz CT molecular complexity index is 1070. The van der Waals surface area contributed by atoms with Crippen LogP contribution in [0.25, 0.3) is 0 Å². The minimum atomic E-state index is -0.358. The Balaban J connectivity index is 1.69. The van der Waals surface area contributed by atoms with E-state index in [1.165, 1.54) is 16.6 Å². The normalized spacial score (nSPS) is 11.4. The molecule has 0 fully saturated rings. The minimum Gasteiger partial charge on any atom is -0.370 e. The first-order chi connectivity index (χ1) is 15.3. The number of carbonyl (C=O) groups is 2. The van der Waals surface area contributed by atoms with Crippen LogP contribution in [0.1, 0.15) is 52.7 Å². The number of primary amides is 1. The van der Waals surface area contributed by atoms with Gasteiger partial charge in [0.05, 0.1) is 5.75 Å². The van der Waals surface area contributed by atoms with Crippen LogP contribution in [0.4, 0.5) is 0 Å². The van der Waals surface area contributed by atoms with Gasteiger partial charge < -0.3 is 14.9 Å². The Kier molecular flexibility index (Phi) is 8.31. The van der Waals surface area contributed by atoms with E-state index in [2.05, 4.69) is 53.0 Å². The highest BCUT2D eigenvalue weighted by molar-refractivity contribution is 7.99. The first-order valence-electron chi connectivity index (χ1n) is 10.8. The van der Waals surface area contributed by atoms with E-state index in [4.69, 9.17) is 5.73 Å². The second kappa shape index (κ2) is 11.0. The van der Waals surface area contributed by atoms with E-state index in [0.29, 0.717) is 23.2 Å². The van der Waals surface area contributed by atoms with Gasteiger partial charge in [0.15, 0.2) is 10.9 Å². The van der Waals surface area contributed by atoms with Crippen molar-refractivity contribution in [3.8, 4) is 0 Å². The van der Waals surface area contributed by atoms with Crippen molar-refractivity contribution in [1.82, 2.24) is 19.3 Å². The number of rotatable bonds is 12. The molecule has 0 saturated carbocycles. The Labute approximate surface area is 197 Å². The number of aryl methyl sites for hydroxylation is 3. The van der Waals surface area contributed by atoms with Gasteiger partial charge in [0, 0.05) is 47.8 Å². The van der Waals surface area contributed by atoms with Crippen LogP contribution in [0.2, 0.25) is 0 Å². The van der Waals surface area contributed by atoms with E-state index in [1.807, 2.05) is 17.6 Å². The summed E-state index contributed by atoms with van der Waals surface area (Å²) >= 11 is 3.16. The average molecular weight is 474 g/mol. The molecule has 0 aromatic carbocycles. The van der Waals surface area contributed by atoms with Crippen LogP contribution in [0.3, 0.4) is 0 Å². The summed E-state index contributed by atoms with van der Waals surface area (Å²) in [4.78, 5) is 25.6. The average Bonchev–Trinajstić information content (AvgIpc) is 3.44. The van der Waals surface area contributed by atoms with Gasteiger partial charge in [-0.25, -0.2) is 0 Å². The number of thioether (sulfide) groups is 1. The molecule has 3 rings (SSSR count). The van der Waals surface area contributed by atoms with Crippen molar-refractivity contribution < 1.29 is 9.59 Å². The van der Waals surface area contributed by atoms with Crippen LogP contribution in [-0.2, 0) is 30.7 Å². The molecule has 0 aliphatic carbocycles. The van der Waals surface area contributed by atoms with Gasteiger partial charge in [0.2, 0.25) is 5.91 Å². The van der Waals surface area contributed by atoms with E-state index in [1.54, 1.807) is 11.3 Å². The van der Waals surface area contributed by atoms with E-state index < -0.39 is 0 Å². The highest BCUT2D eigenvalue weighted by atomic mass is 32.2. The van der Waals surface area contributed by atoms with Crippen LogP contribution in [0.5, 0.6) is 0 Å². The number of amides is 1. The molecule has 9 heteroatoms. The summed E-state index contributed by atoms with van der Waals surface area (Å²) in [5, 5.41) is 11.3. The predicted octanol–water partition coefficient (Wildman–Crippen LogP) is 4.05. The van der Waals surface area contributed by atoms with Gasteiger partial charge in [-0.2, -0.15) is 0 Å². The van der Waals surface area contributed by atoms with E-state index >= 15 is 0 Å². The summed E-state index contributed by atoms with van der Waals surface area (Å²) in [5.41, 5.74) is 8.17. The molecular weight excluding hydrogens is 442 g/mol.